The Bertz CT molecular complexity index is 569. The molecule has 0 saturated carbocycles. The second kappa shape index (κ2) is 5.86. The number of para-hydroxylation sites is 1. The topological polar surface area (TPSA) is 61.6 Å². The number of hydrogen-bond acceptors (Lipinski definition) is 4. The molecule has 0 aliphatic carbocycles. The summed E-state index contributed by atoms with van der Waals surface area (Å²) in [7, 11) is 0. The fourth-order valence-corrected chi connectivity index (χ4v) is 1.60. The summed E-state index contributed by atoms with van der Waals surface area (Å²) < 4.78 is 10.7. The van der Waals surface area contributed by atoms with E-state index in [1.807, 2.05) is 13.0 Å². The molecule has 0 amide bonds. The van der Waals surface area contributed by atoms with Gasteiger partial charge in [0.25, 0.3) is 0 Å². The molecule has 0 unspecified atom stereocenters. The summed E-state index contributed by atoms with van der Waals surface area (Å²) in [6, 6.07) is 13.5. The quantitative estimate of drug-likeness (QED) is 0.605. The second-order valence-corrected chi connectivity index (χ2v) is 3.73. The largest absolute Gasteiger partial charge is 0.494 e. The van der Waals surface area contributed by atoms with Crippen LogP contribution in [-0.4, -0.2) is 11.5 Å². The fourth-order valence-electron chi connectivity index (χ4n) is 1.60. The summed E-state index contributed by atoms with van der Waals surface area (Å²) >= 11 is 0. The van der Waals surface area contributed by atoms with Gasteiger partial charge in [0, 0.05) is 0 Å². The third-order valence-corrected chi connectivity index (χ3v) is 2.41. The van der Waals surface area contributed by atoms with Crippen LogP contribution in [0.2, 0.25) is 0 Å². The van der Waals surface area contributed by atoms with Crippen LogP contribution in [0.15, 0.2) is 48.5 Å². The van der Waals surface area contributed by atoms with E-state index >= 15 is 0 Å². The van der Waals surface area contributed by atoms with Crippen molar-refractivity contribution >= 4 is 5.69 Å². The van der Waals surface area contributed by atoms with Crippen LogP contribution in [0, 0.1) is 10.1 Å². The van der Waals surface area contributed by atoms with Gasteiger partial charge >= 0.3 is 5.69 Å². The van der Waals surface area contributed by atoms with Gasteiger partial charge in [0.2, 0.25) is 5.75 Å². The van der Waals surface area contributed by atoms with Crippen molar-refractivity contribution < 1.29 is 14.4 Å². The molecule has 2 rings (SSSR count). The van der Waals surface area contributed by atoms with Crippen molar-refractivity contribution in [2.75, 3.05) is 6.61 Å². The van der Waals surface area contributed by atoms with Crippen molar-refractivity contribution in [3.63, 3.8) is 0 Å². The van der Waals surface area contributed by atoms with E-state index < -0.39 is 4.92 Å². The molecule has 0 N–H and O–H groups in total. The van der Waals surface area contributed by atoms with Crippen molar-refractivity contribution in [2.45, 2.75) is 6.92 Å². The molecule has 0 aliphatic rings. The molecule has 0 aliphatic heterocycles. The standard InChI is InChI=1S/C14H13NO4/c1-2-18-12-8-9-14(13(10-12)15(16)17)19-11-6-4-3-5-7-11/h3-10H,2H2,1H3. The van der Waals surface area contributed by atoms with Crippen LogP contribution in [0.4, 0.5) is 5.69 Å². The predicted molar refractivity (Wildman–Crippen MR) is 70.8 cm³/mol. The van der Waals surface area contributed by atoms with Crippen molar-refractivity contribution in [1.82, 2.24) is 0 Å². The minimum absolute atomic E-state index is 0.116. The lowest BCUT2D eigenvalue weighted by atomic mass is 10.2. The normalized spacial score (nSPS) is 9.95. The molecular formula is C14H13NO4. The van der Waals surface area contributed by atoms with Gasteiger partial charge in [-0.05, 0) is 31.2 Å². The average Bonchev–Trinajstić information content (AvgIpc) is 2.42. The third kappa shape index (κ3) is 3.22. The van der Waals surface area contributed by atoms with Gasteiger partial charge in [0.15, 0.2) is 0 Å². The molecular weight excluding hydrogens is 246 g/mol. The minimum Gasteiger partial charge on any atom is -0.494 e. The van der Waals surface area contributed by atoms with E-state index in [2.05, 4.69) is 0 Å². The maximum Gasteiger partial charge on any atom is 0.315 e. The molecule has 0 saturated heterocycles. The van der Waals surface area contributed by atoms with E-state index in [9.17, 15) is 10.1 Å². The number of hydrogen-bond donors (Lipinski definition) is 0. The smallest absolute Gasteiger partial charge is 0.315 e. The van der Waals surface area contributed by atoms with Gasteiger partial charge in [-0.25, -0.2) is 0 Å². The Hall–Kier alpha value is -2.56. The molecule has 2 aromatic rings. The fraction of sp³-hybridized carbons (Fsp3) is 0.143. The Labute approximate surface area is 110 Å². The van der Waals surface area contributed by atoms with E-state index in [1.165, 1.54) is 12.1 Å². The summed E-state index contributed by atoms with van der Waals surface area (Å²) in [4.78, 5) is 10.6. The number of benzene rings is 2. The van der Waals surface area contributed by atoms with Gasteiger partial charge in [-0.1, -0.05) is 18.2 Å². The van der Waals surface area contributed by atoms with E-state index in [0.717, 1.165) is 0 Å². The minimum atomic E-state index is -0.485. The van der Waals surface area contributed by atoms with Crippen LogP contribution >= 0.6 is 0 Å². The van der Waals surface area contributed by atoms with Gasteiger partial charge in [0.05, 0.1) is 17.6 Å². The van der Waals surface area contributed by atoms with Gasteiger partial charge in [-0.2, -0.15) is 0 Å². The Balaban J connectivity index is 2.32. The van der Waals surface area contributed by atoms with Crippen LogP contribution in [0.3, 0.4) is 0 Å². The van der Waals surface area contributed by atoms with Gasteiger partial charge in [-0.15, -0.1) is 0 Å². The maximum atomic E-state index is 11.0. The first-order chi connectivity index (χ1) is 9.20. The molecule has 98 valence electrons. The number of nitro benzene ring substituents is 1. The zero-order valence-corrected chi connectivity index (χ0v) is 10.4. The van der Waals surface area contributed by atoms with Crippen molar-refractivity contribution in [3.05, 3.63) is 58.6 Å². The SMILES string of the molecule is CCOc1ccc(Oc2ccccc2)c([N+](=O)[O-])c1. The molecule has 5 nitrogen and oxygen atoms in total. The van der Waals surface area contributed by atoms with Crippen molar-refractivity contribution in [1.29, 1.82) is 0 Å². The first-order valence-electron chi connectivity index (χ1n) is 5.85. The molecule has 19 heavy (non-hydrogen) atoms. The van der Waals surface area contributed by atoms with E-state index in [-0.39, 0.29) is 11.4 Å². The first kappa shape index (κ1) is 12.9. The lowest BCUT2D eigenvalue weighted by Crippen LogP contribution is -1.96. The highest BCUT2D eigenvalue weighted by molar-refractivity contribution is 5.52. The number of nitro groups is 1. The van der Waals surface area contributed by atoms with Crippen LogP contribution < -0.4 is 9.47 Å². The number of rotatable bonds is 5. The molecule has 0 heterocycles. The Kier molecular flexibility index (Phi) is 3.97. The van der Waals surface area contributed by atoms with Crippen LogP contribution in [0.25, 0.3) is 0 Å². The van der Waals surface area contributed by atoms with Crippen LogP contribution in [0.5, 0.6) is 17.2 Å². The molecule has 2 aromatic carbocycles. The molecule has 0 aromatic heterocycles. The van der Waals surface area contributed by atoms with Crippen LogP contribution in [0.1, 0.15) is 6.92 Å². The summed E-state index contributed by atoms with van der Waals surface area (Å²) in [5.41, 5.74) is -0.116. The monoisotopic (exact) mass is 259 g/mol. The lowest BCUT2D eigenvalue weighted by molar-refractivity contribution is -0.385. The van der Waals surface area contributed by atoms with E-state index in [1.54, 1.807) is 30.3 Å². The first-order valence-corrected chi connectivity index (χ1v) is 5.85. The lowest BCUT2D eigenvalue weighted by Gasteiger charge is -2.08. The molecule has 0 atom stereocenters. The average molecular weight is 259 g/mol. The summed E-state index contributed by atoms with van der Waals surface area (Å²) in [5, 5.41) is 11.0. The predicted octanol–water partition coefficient (Wildman–Crippen LogP) is 3.79. The Morgan fingerprint density at radius 2 is 1.84 bits per heavy atom. The van der Waals surface area contributed by atoms with Crippen molar-refractivity contribution in [2.24, 2.45) is 0 Å². The molecule has 0 bridgehead atoms. The molecule has 0 fully saturated rings. The van der Waals surface area contributed by atoms with Gasteiger partial charge in [0.1, 0.15) is 11.5 Å². The third-order valence-electron chi connectivity index (χ3n) is 2.41. The highest BCUT2D eigenvalue weighted by Gasteiger charge is 2.17. The summed E-state index contributed by atoms with van der Waals surface area (Å²) in [5.74, 6) is 1.20. The summed E-state index contributed by atoms with van der Waals surface area (Å²) in [6.07, 6.45) is 0. The number of ether oxygens (including phenoxy) is 2. The Morgan fingerprint density at radius 1 is 1.11 bits per heavy atom. The molecule has 5 heteroatoms. The zero-order chi connectivity index (χ0) is 13.7. The highest BCUT2D eigenvalue weighted by Crippen LogP contribution is 2.34. The number of nitrogens with zero attached hydrogens (tertiary/aromatic N) is 1. The second-order valence-electron chi connectivity index (χ2n) is 3.73. The molecule has 0 spiro atoms. The van der Waals surface area contributed by atoms with Crippen LogP contribution in [-0.2, 0) is 0 Å². The van der Waals surface area contributed by atoms with Gasteiger partial charge < -0.3 is 9.47 Å². The van der Waals surface area contributed by atoms with Crippen molar-refractivity contribution in [3.8, 4) is 17.2 Å². The highest BCUT2D eigenvalue weighted by atomic mass is 16.6. The van der Waals surface area contributed by atoms with E-state index in [4.69, 9.17) is 9.47 Å². The van der Waals surface area contributed by atoms with Gasteiger partial charge in [-0.3, -0.25) is 10.1 Å². The Morgan fingerprint density at radius 3 is 2.47 bits per heavy atom. The summed E-state index contributed by atoms with van der Waals surface area (Å²) in [6.45, 7) is 2.27. The van der Waals surface area contributed by atoms with E-state index in [0.29, 0.717) is 18.1 Å². The zero-order valence-electron chi connectivity index (χ0n) is 10.4. The maximum absolute atomic E-state index is 11.0. The molecule has 0 radical (unpaired) electrons.